The summed E-state index contributed by atoms with van der Waals surface area (Å²) in [6.07, 6.45) is -4.23. The first-order valence-electron chi connectivity index (χ1n) is 5.81. The Morgan fingerprint density at radius 3 is 1.76 bits per heavy atom. The van der Waals surface area contributed by atoms with Crippen LogP contribution in [0, 0.1) is 5.92 Å². The quantitative estimate of drug-likeness (QED) is 0.614. The molecule has 0 aromatic heterocycles. The SMILES string of the molecule is CC(C)C.CC(C)c1cccc(C(F)(F)F)c1. The molecule has 0 aliphatic carbocycles. The highest BCUT2D eigenvalue weighted by molar-refractivity contribution is 5.27. The van der Waals surface area contributed by atoms with Crippen molar-refractivity contribution in [1.29, 1.82) is 0 Å². The van der Waals surface area contributed by atoms with Crippen LogP contribution in [-0.2, 0) is 6.18 Å². The van der Waals surface area contributed by atoms with E-state index in [0.29, 0.717) is 0 Å². The molecule has 0 heterocycles. The summed E-state index contributed by atoms with van der Waals surface area (Å²) in [5, 5.41) is 0. The molecule has 0 amide bonds. The van der Waals surface area contributed by atoms with Crippen LogP contribution in [0.1, 0.15) is 51.7 Å². The monoisotopic (exact) mass is 246 g/mol. The van der Waals surface area contributed by atoms with E-state index in [9.17, 15) is 13.2 Å². The van der Waals surface area contributed by atoms with Crippen molar-refractivity contribution in [2.75, 3.05) is 0 Å². The molecule has 0 fully saturated rings. The molecule has 0 N–H and O–H groups in total. The van der Waals surface area contributed by atoms with Gasteiger partial charge in [0, 0.05) is 0 Å². The minimum atomic E-state index is -4.23. The van der Waals surface area contributed by atoms with Crippen molar-refractivity contribution < 1.29 is 13.2 Å². The molecule has 0 radical (unpaired) electrons. The Balaban J connectivity index is 0.000000557. The lowest BCUT2D eigenvalue weighted by Gasteiger charge is -2.10. The molecule has 3 heteroatoms. The first kappa shape index (κ1) is 16.0. The van der Waals surface area contributed by atoms with Gasteiger partial charge in [-0.2, -0.15) is 13.2 Å². The molecule has 0 nitrogen and oxygen atoms in total. The van der Waals surface area contributed by atoms with Crippen LogP contribution in [0.2, 0.25) is 0 Å². The van der Waals surface area contributed by atoms with E-state index in [0.717, 1.165) is 17.5 Å². The molecule has 0 aliphatic heterocycles. The van der Waals surface area contributed by atoms with Crippen molar-refractivity contribution in [1.82, 2.24) is 0 Å². The van der Waals surface area contributed by atoms with Gasteiger partial charge in [-0.3, -0.25) is 0 Å². The highest BCUT2D eigenvalue weighted by Crippen LogP contribution is 2.30. The van der Waals surface area contributed by atoms with Gasteiger partial charge < -0.3 is 0 Å². The van der Waals surface area contributed by atoms with Crippen LogP contribution in [0.15, 0.2) is 24.3 Å². The maximum Gasteiger partial charge on any atom is 0.416 e. The second kappa shape index (κ2) is 6.67. The first-order valence-corrected chi connectivity index (χ1v) is 5.81. The van der Waals surface area contributed by atoms with Crippen molar-refractivity contribution in [3.8, 4) is 0 Å². The summed E-state index contributed by atoms with van der Waals surface area (Å²) in [4.78, 5) is 0. The zero-order valence-electron chi connectivity index (χ0n) is 11.1. The fourth-order valence-corrected chi connectivity index (χ4v) is 1.07. The molecule has 98 valence electrons. The van der Waals surface area contributed by atoms with Crippen molar-refractivity contribution in [3.05, 3.63) is 35.4 Å². The summed E-state index contributed by atoms with van der Waals surface area (Å²) in [7, 11) is 0. The van der Waals surface area contributed by atoms with Crippen LogP contribution in [0.3, 0.4) is 0 Å². The van der Waals surface area contributed by atoms with E-state index in [-0.39, 0.29) is 5.92 Å². The van der Waals surface area contributed by atoms with Crippen LogP contribution in [0.25, 0.3) is 0 Å². The third kappa shape index (κ3) is 7.03. The molecule has 0 saturated carbocycles. The zero-order valence-corrected chi connectivity index (χ0v) is 11.1. The summed E-state index contributed by atoms with van der Waals surface area (Å²) < 4.78 is 36.7. The molecule has 1 aromatic carbocycles. The number of halogens is 3. The lowest BCUT2D eigenvalue weighted by Crippen LogP contribution is -2.05. The molecule has 17 heavy (non-hydrogen) atoms. The molecule has 0 spiro atoms. The molecular formula is C14H21F3. The Morgan fingerprint density at radius 1 is 0.941 bits per heavy atom. The van der Waals surface area contributed by atoms with E-state index in [1.165, 1.54) is 12.1 Å². The Bertz CT molecular complexity index is 322. The van der Waals surface area contributed by atoms with Crippen molar-refractivity contribution in [2.45, 2.75) is 46.7 Å². The average Bonchev–Trinajstić information content (AvgIpc) is 2.15. The van der Waals surface area contributed by atoms with Crippen molar-refractivity contribution in [3.63, 3.8) is 0 Å². The molecule has 1 aromatic rings. The number of benzene rings is 1. The van der Waals surface area contributed by atoms with Gasteiger partial charge in [-0.05, 0) is 23.5 Å². The van der Waals surface area contributed by atoms with Gasteiger partial charge in [0.2, 0.25) is 0 Å². The Labute approximate surface area is 102 Å². The van der Waals surface area contributed by atoms with E-state index in [1.807, 2.05) is 13.8 Å². The summed E-state index contributed by atoms with van der Waals surface area (Å²) in [5.41, 5.74) is 0.147. The fraction of sp³-hybridized carbons (Fsp3) is 0.571. The van der Waals surface area contributed by atoms with Gasteiger partial charge in [-0.25, -0.2) is 0 Å². The maximum absolute atomic E-state index is 12.2. The fourth-order valence-electron chi connectivity index (χ4n) is 1.07. The van der Waals surface area contributed by atoms with Gasteiger partial charge in [0.25, 0.3) is 0 Å². The highest BCUT2D eigenvalue weighted by Gasteiger charge is 2.30. The van der Waals surface area contributed by atoms with E-state index in [4.69, 9.17) is 0 Å². The summed E-state index contributed by atoms with van der Waals surface area (Å²) >= 11 is 0. The second-order valence-electron chi connectivity index (χ2n) is 5.01. The van der Waals surface area contributed by atoms with Gasteiger partial charge in [-0.15, -0.1) is 0 Å². The molecule has 0 unspecified atom stereocenters. The minimum absolute atomic E-state index is 0.127. The van der Waals surface area contributed by atoms with E-state index < -0.39 is 11.7 Å². The topological polar surface area (TPSA) is 0 Å². The van der Waals surface area contributed by atoms with Crippen LogP contribution in [0.4, 0.5) is 13.2 Å². The van der Waals surface area contributed by atoms with Crippen LogP contribution >= 0.6 is 0 Å². The lowest BCUT2D eigenvalue weighted by molar-refractivity contribution is -0.137. The number of hydrogen-bond donors (Lipinski definition) is 0. The van der Waals surface area contributed by atoms with Crippen molar-refractivity contribution >= 4 is 0 Å². The standard InChI is InChI=1S/C10H11F3.C4H10/c1-7(2)8-4-3-5-9(6-8)10(11,12)13;1-4(2)3/h3-7H,1-2H3;4H,1-3H3. The maximum atomic E-state index is 12.2. The van der Waals surface area contributed by atoms with E-state index >= 15 is 0 Å². The number of alkyl halides is 3. The van der Waals surface area contributed by atoms with E-state index in [2.05, 4.69) is 20.8 Å². The molecule has 0 aliphatic rings. The zero-order chi connectivity index (χ0) is 13.6. The van der Waals surface area contributed by atoms with Gasteiger partial charge in [0.05, 0.1) is 5.56 Å². The van der Waals surface area contributed by atoms with Crippen LogP contribution < -0.4 is 0 Å². The number of rotatable bonds is 1. The number of hydrogen-bond acceptors (Lipinski definition) is 0. The molecular weight excluding hydrogens is 225 g/mol. The van der Waals surface area contributed by atoms with Gasteiger partial charge in [0.15, 0.2) is 0 Å². The first-order chi connectivity index (χ1) is 7.64. The van der Waals surface area contributed by atoms with Gasteiger partial charge in [0.1, 0.15) is 0 Å². The smallest absolute Gasteiger partial charge is 0.166 e. The average molecular weight is 246 g/mol. The normalized spacial score (nSPS) is 11.4. The Kier molecular flexibility index (Phi) is 6.29. The third-order valence-corrected chi connectivity index (χ3v) is 1.88. The highest BCUT2D eigenvalue weighted by atomic mass is 19.4. The molecule has 0 bridgehead atoms. The van der Waals surface area contributed by atoms with Gasteiger partial charge in [-0.1, -0.05) is 52.8 Å². The van der Waals surface area contributed by atoms with Crippen LogP contribution in [0.5, 0.6) is 0 Å². The Hall–Kier alpha value is -0.990. The molecule has 0 atom stereocenters. The summed E-state index contributed by atoms with van der Waals surface area (Å²) in [5.74, 6) is 0.960. The molecule has 1 rings (SSSR count). The third-order valence-electron chi connectivity index (χ3n) is 1.88. The van der Waals surface area contributed by atoms with Crippen LogP contribution in [-0.4, -0.2) is 0 Å². The predicted molar refractivity (Wildman–Crippen MR) is 66.0 cm³/mol. The summed E-state index contributed by atoms with van der Waals surface area (Å²) in [6, 6.07) is 5.44. The second-order valence-corrected chi connectivity index (χ2v) is 5.01. The minimum Gasteiger partial charge on any atom is -0.166 e. The largest absolute Gasteiger partial charge is 0.416 e. The van der Waals surface area contributed by atoms with Gasteiger partial charge >= 0.3 is 6.18 Å². The van der Waals surface area contributed by atoms with E-state index in [1.54, 1.807) is 6.07 Å². The molecule has 0 saturated heterocycles. The predicted octanol–water partition coefficient (Wildman–Crippen LogP) is 5.49. The summed E-state index contributed by atoms with van der Waals surface area (Å²) in [6.45, 7) is 10.2. The Morgan fingerprint density at radius 2 is 1.41 bits per heavy atom. The lowest BCUT2D eigenvalue weighted by atomic mass is 10.0. The van der Waals surface area contributed by atoms with Crippen molar-refractivity contribution in [2.24, 2.45) is 5.92 Å².